The Balaban J connectivity index is 1.45. The number of nitrogens with one attached hydrogen (secondary N) is 4. The Labute approximate surface area is 250 Å². The van der Waals surface area contributed by atoms with E-state index in [1.807, 2.05) is 7.05 Å². The lowest BCUT2D eigenvalue weighted by Gasteiger charge is -2.31. The zero-order valence-electron chi connectivity index (χ0n) is 24.6. The van der Waals surface area contributed by atoms with Gasteiger partial charge in [0.2, 0.25) is 16.0 Å². The zero-order chi connectivity index (χ0) is 31.2. The first-order valence-corrected chi connectivity index (χ1v) is 16.3. The highest BCUT2D eigenvalue weighted by molar-refractivity contribution is 7.88. The van der Waals surface area contributed by atoms with Crippen LogP contribution in [0.1, 0.15) is 60.9 Å². The maximum atomic E-state index is 13.8. The molecule has 2 aliphatic rings. The lowest BCUT2D eigenvalue weighted by molar-refractivity contribution is -0.137. The Hall–Kier alpha value is -3.17. The summed E-state index contributed by atoms with van der Waals surface area (Å²) >= 11 is 0. The van der Waals surface area contributed by atoms with E-state index < -0.39 is 21.8 Å². The molecule has 2 heterocycles. The van der Waals surface area contributed by atoms with Crippen LogP contribution >= 0.6 is 0 Å². The van der Waals surface area contributed by atoms with Gasteiger partial charge in [-0.15, -0.1) is 0 Å². The molecule has 1 saturated heterocycles. The first kappa shape index (κ1) is 32.7. The molecular formula is C28H40F3N7O4S. The number of amides is 1. The second-order valence-electron chi connectivity index (χ2n) is 11.3. The van der Waals surface area contributed by atoms with Crippen molar-refractivity contribution in [2.24, 2.45) is 5.92 Å². The second-order valence-corrected chi connectivity index (χ2v) is 13.1. The molecule has 0 bridgehead atoms. The number of rotatable bonds is 11. The second kappa shape index (κ2) is 14.1. The monoisotopic (exact) mass is 627 g/mol. The van der Waals surface area contributed by atoms with E-state index in [9.17, 15) is 26.4 Å². The predicted molar refractivity (Wildman–Crippen MR) is 158 cm³/mol. The Morgan fingerprint density at radius 3 is 2.53 bits per heavy atom. The standard InChI is InChI=1S/C28H40F3N7O4S/c1-38-14-11-20(12-15-38)34-26(39)19-8-9-23(24(16-19)42-2)35-27-33-17-21(28(29,30)31)25(36-27)32-13-10-18-6-4-5-7-22(18)37-43(3,40)41/h8-9,16-18,20,22,37H,4-7,10-15H2,1-3H3,(H,34,39)(H2,32,33,35,36). The van der Waals surface area contributed by atoms with Gasteiger partial charge >= 0.3 is 6.18 Å². The SMILES string of the molecule is COc1cc(C(=O)NC2CCN(C)CC2)ccc1Nc1ncc(C(F)(F)F)c(NCCC2CCCCC2NS(C)(=O)=O)n1. The van der Waals surface area contributed by atoms with Crippen LogP contribution in [0.25, 0.3) is 0 Å². The highest BCUT2D eigenvalue weighted by Gasteiger charge is 2.35. The number of benzene rings is 1. The third kappa shape index (κ3) is 9.41. The Morgan fingerprint density at radius 1 is 1.14 bits per heavy atom. The third-order valence-corrected chi connectivity index (χ3v) is 8.67. The van der Waals surface area contributed by atoms with Crippen molar-refractivity contribution in [2.75, 3.05) is 50.7 Å². The summed E-state index contributed by atoms with van der Waals surface area (Å²) in [5, 5.41) is 8.74. The number of nitrogens with zero attached hydrogens (tertiary/aromatic N) is 3. The molecule has 1 aromatic heterocycles. The molecule has 2 unspecified atom stereocenters. The smallest absolute Gasteiger partial charge is 0.421 e. The van der Waals surface area contributed by atoms with Crippen LogP contribution in [-0.4, -0.2) is 81.3 Å². The number of sulfonamides is 1. The Kier molecular flexibility index (Phi) is 10.7. The molecule has 2 aromatic rings. The molecule has 2 fully saturated rings. The third-order valence-electron chi connectivity index (χ3n) is 7.94. The van der Waals surface area contributed by atoms with Gasteiger partial charge in [0.05, 0.1) is 19.1 Å². The van der Waals surface area contributed by atoms with Crippen LogP contribution in [0.4, 0.5) is 30.6 Å². The fraction of sp³-hybridized carbons (Fsp3) is 0.607. The van der Waals surface area contributed by atoms with Gasteiger partial charge in [-0.2, -0.15) is 18.2 Å². The van der Waals surface area contributed by atoms with Crippen LogP contribution in [-0.2, 0) is 16.2 Å². The number of ether oxygens (including phenoxy) is 1. The van der Waals surface area contributed by atoms with Gasteiger partial charge in [0.25, 0.3) is 5.91 Å². The first-order valence-electron chi connectivity index (χ1n) is 14.4. The number of carbonyl (C=O) groups excluding carboxylic acids is 1. The average molecular weight is 628 g/mol. The van der Waals surface area contributed by atoms with E-state index in [0.29, 0.717) is 36.0 Å². The van der Waals surface area contributed by atoms with Gasteiger partial charge in [0.1, 0.15) is 17.1 Å². The summed E-state index contributed by atoms with van der Waals surface area (Å²) in [4.78, 5) is 23.0. The number of carbonyl (C=O) groups is 1. The predicted octanol–water partition coefficient (Wildman–Crippen LogP) is 3.98. The Morgan fingerprint density at radius 2 is 1.86 bits per heavy atom. The number of halogens is 3. The Bertz CT molecular complexity index is 1370. The number of hydrogen-bond acceptors (Lipinski definition) is 9. The number of methoxy groups -OCH3 is 1. The van der Waals surface area contributed by atoms with Crippen LogP contribution < -0.4 is 25.4 Å². The summed E-state index contributed by atoms with van der Waals surface area (Å²) in [5.74, 6) is -0.420. The van der Waals surface area contributed by atoms with E-state index in [4.69, 9.17) is 4.74 Å². The van der Waals surface area contributed by atoms with Gasteiger partial charge in [-0.25, -0.2) is 18.1 Å². The fourth-order valence-electron chi connectivity index (χ4n) is 5.62. The minimum Gasteiger partial charge on any atom is -0.495 e. The normalized spacial score (nSPS) is 20.4. The average Bonchev–Trinajstić information content (AvgIpc) is 2.94. The van der Waals surface area contributed by atoms with Crippen molar-refractivity contribution < 1.29 is 31.1 Å². The summed E-state index contributed by atoms with van der Waals surface area (Å²) in [6.45, 7) is 1.97. The van der Waals surface area contributed by atoms with Crippen molar-refractivity contribution in [3.63, 3.8) is 0 Å². The minimum atomic E-state index is -4.69. The molecular weight excluding hydrogens is 587 g/mol. The number of likely N-dealkylation sites (tertiary alicyclic amines) is 1. The molecule has 1 saturated carbocycles. The van der Waals surface area contributed by atoms with Gasteiger partial charge in [-0.05, 0) is 76.4 Å². The van der Waals surface area contributed by atoms with E-state index in [1.54, 1.807) is 18.2 Å². The van der Waals surface area contributed by atoms with Gasteiger partial charge in [-0.3, -0.25) is 4.79 Å². The maximum absolute atomic E-state index is 13.8. The highest BCUT2D eigenvalue weighted by Crippen LogP contribution is 2.35. The van der Waals surface area contributed by atoms with Gasteiger partial charge < -0.3 is 25.6 Å². The van der Waals surface area contributed by atoms with Gasteiger partial charge in [0, 0.05) is 30.4 Å². The highest BCUT2D eigenvalue weighted by atomic mass is 32.2. The quantitative estimate of drug-likeness (QED) is 0.292. The number of anilines is 3. The molecule has 2 atom stereocenters. The first-order chi connectivity index (χ1) is 20.3. The van der Waals surface area contributed by atoms with Crippen LogP contribution in [0.3, 0.4) is 0 Å². The molecule has 11 nitrogen and oxygen atoms in total. The number of hydrogen-bond donors (Lipinski definition) is 4. The summed E-state index contributed by atoms with van der Waals surface area (Å²) in [7, 11) is 0.0717. The topological polar surface area (TPSA) is 138 Å². The summed E-state index contributed by atoms with van der Waals surface area (Å²) in [6, 6.07) is 4.58. The van der Waals surface area contributed by atoms with Crippen molar-refractivity contribution in [1.82, 2.24) is 24.9 Å². The summed E-state index contributed by atoms with van der Waals surface area (Å²) in [5.41, 5.74) is -0.246. The van der Waals surface area contributed by atoms with Crippen molar-refractivity contribution in [3.8, 4) is 5.75 Å². The van der Waals surface area contributed by atoms with E-state index in [2.05, 4.69) is 35.5 Å². The minimum absolute atomic E-state index is 0.0100. The largest absolute Gasteiger partial charge is 0.495 e. The molecule has 4 rings (SSSR count). The molecule has 4 N–H and O–H groups in total. The molecule has 1 amide bonds. The van der Waals surface area contributed by atoms with E-state index in [-0.39, 0.29) is 42.2 Å². The van der Waals surface area contributed by atoms with Crippen molar-refractivity contribution in [2.45, 2.75) is 63.2 Å². The molecule has 0 radical (unpaired) electrons. The zero-order valence-corrected chi connectivity index (χ0v) is 25.4. The maximum Gasteiger partial charge on any atom is 0.421 e. The van der Waals surface area contributed by atoms with E-state index in [0.717, 1.165) is 51.4 Å². The molecule has 238 valence electrons. The fourth-order valence-corrected chi connectivity index (χ4v) is 6.48. The van der Waals surface area contributed by atoms with Gasteiger partial charge in [0.15, 0.2) is 0 Å². The molecule has 1 aromatic carbocycles. The number of aromatic nitrogens is 2. The van der Waals surface area contributed by atoms with E-state index >= 15 is 0 Å². The van der Waals surface area contributed by atoms with Crippen LogP contribution in [0.15, 0.2) is 24.4 Å². The van der Waals surface area contributed by atoms with E-state index in [1.165, 1.54) is 7.11 Å². The van der Waals surface area contributed by atoms with Crippen molar-refractivity contribution in [3.05, 3.63) is 35.5 Å². The lowest BCUT2D eigenvalue weighted by atomic mass is 9.83. The number of alkyl halides is 3. The number of piperidine rings is 1. The molecule has 0 spiro atoms. The lowest BCUT2D eigenvalue weighted by Crippen LogP contribution is -2.43. The molecule has 1 aliphatic carbocycles. The molecule has 1 aliphatic heterocycles. The van der Waals surface area contributed by atoms with Crippen molar-refractivity contribution in [1.29, 1.82) is 0 Å². The van der Waals surface area contributed by atoms with Gasteiger partial charge in [-0.1, -0.05) is 12.8 Å². The van der Waals surface area contributed by atoms with Crippen LogP contribution in [0.2, 0.25) is 0 Å². The van der Waals surface area contributed by atoms with Crippen LogP contribution in [0, 0.1) is 5.92 Å². The van der Waals surface area contributed by atoms with Crippen LogP contribution in [0.5, 0.6) is 5.75 Å². The molecule has 15 heteroatoms. The summed E-state index contributed by atoms with van der Waals surface area (Å²) < 4.78 is 73.0. The molecule has 43 heavy (non-hydrogen) atoms. The van der Waals surface area contributed by atoms with Crippen molar-refractivity contribution >= 4 is 33.4 Å². The summed E-state index contributed by atoms with van der Waals surface area (Å²) in [6.07, 6.45) is 2.61.